The minimum absolute atomic E-state index is 0.0285. The highest BCUT2D eigenvalue weighted by Gasteiger charge is 2.32. The van der Waals surface area contributed by atoms with E-state index in [0.29, 0.717) is 18.7 Å². The maximum Gasteiger partial charge on any atom is 0.287 e. The zero-order valence-corrected chi connectivity index (χ0v) is 20.3. The summed E-state index contributed by atoms with van der Waals surface area (Å²) >= 11 is 0. The average Bonchev–Trinajstić information content (AvgIpc) is 3.62. The molecule has 0 radical (unpaired) electrons. The van der Waals surface area contributed by atoms with Crippen molar-refractivity contribution in [1.82, 2.24) is 15.5 Å². The van der Waals surface area contributed by atoms with Gasteiger partial charge in [-0.05, 0) is 43.0 Å². The van der Waals surface area contributed by atoms with Crippen molar-refractivity contribution in [2.24, 2.45) is 0 Å². The van der Waals surface area contributed by atoms with Crippen molar-refractivity contribution in [2.45, 2.75) is 38.5 Å². The van der Waals surface area contributed by atoms with E-state index in [1.54, 1.807) is 6.07 Å². The number of benzene rings is 2. The fraction of sp³-hybridized carbons (Fsp3) is 0.321. The molecule has 3 amide bonds. The lowest BCUT2D eigenvalue weighted by atomic mass is 10.0. The van der Waals surface area contributed by atoms with Crippen LogP contribution in [0.4, 0.5) is 0 Å². The van der Waals surface area contributed by atoms with E-state index >= 15 is 0 Å². The quantitative estimate of drug-likeness (QED) is 0.455. The number of ether oxygens (including phenoxy) is 1. The highest BCUT2D eigenvalue weighted by atomic mass is 16.5. The molecule has 2 N–H and O–H groups in total. The topological polar surface area (TPSA) is 101 Å². The Hall–Kier alpha value is -3.91. The maximum absolute atomic E-state index is 13.6. The number of rotatable bonds is 10. The number of nitrogens with zero attached hydrogens (tertiary/aromatic N) is 1. The Morgan fingerprint density at radius 3 is 2.44 bits per heavy atom. The van der Waals surface area contributed by atoms with E-state index in [2.05, 4.69) is 10.6 Å². The van der Waals surface area contributed by atoms with Crippen LogP contribution in [0.2, 0.25) is 0 Å². The summed E-state index contributed by atoms with van der Waals surface area (Å²) in [6.07, 6.45) is 3.22. The molecule has 1 saturated heterocycles. The fourth-order valence-electron chi connectivity index (χ4n) is 4.19. The Morgan fingerprint density at radius 1 is 1.00 bits per heavy atom. The van der Waals surface area contributed by atoms with E-state index in [0.717, 1.165) is 24.0 Å². The van der Waals surface area contributed by atoms with Gasteiger partial charge in [0.05, 0.1) is 18.9 Å². The standard InChI is InChI=1S/C28H31N3O5/c1-20-11-13-21(14-12-20)19-31(25(32)18-30-27(33)24-10-6-16-36-24)26(22-7-3-2-4-8-22)28(34)29-17-23-9-5-15-35-23/h2-4,6-8,10-14,16,23,26H,5,9,15,17-19H2,1H3,(H,29,34)(H,30,33). The zero-order chi connectivity index (χ0) is 25.3. The molecule has 0 saturated carbocycles. The molecule has 1 fully saturated rings. The predicted molar refractivity (Wildman–Crippen MR) is 134 cm³/mol. The monoisotopic (exact) mass is 489 g/mol. The van der Waals surface area contributed by atoms with Gasteiger partial charge >= 0.3 is 0 Å². The highest BCUT2D eigenvalue weighted by molar-refractivity contribution is 5.95. The van der Waals surface area contributed by atoms with Gasteiger partial charge in [-0.2, -0.15) is 0 Å². The summed E-state index contributed by atoms with van der Waals surface area (Å²) in [5.74, 6) is -1.07. The molecule has 2 heterocycles. The van der Waals surface area contributed by atoms with Crippen molar-refractivity contribution >= 4 is 17.7 Å². The van der Waals surface area contributed by atoms with Crippen molar-refractivity contribution < 1.29 is 23.5 Å². The van der Waals surface area contributed by atoms with Gasteiger partial charge in [0.2, 0.25) is 11.8 Å². The first-order valence-corrected chi connectivity index (χ1v) is 12.1. The predicted octanol–water partition coefficient (Wildman–Crippen LogP) is 3.38. The fourth-order valence-corrected chi connectivity index (χ4v) is 4.19. The van der Waals surface area contributed by atoms with Crippen LogP contribution in [0.25, 0.3) is 0 Å². The summed E-state index contributed by atoms with van der Waals surface area (Å²) < 4.78 is 10.8. The molecule has 8 nitrogen and oxygen atoms in total. The van der Waals surface area contributed by atoms with Gasteiger partial charge in [0.25, 0.3) is 5.91 Å². The van der Waals surface area contributed by atoms with Crippen molar-refractivity contribution in [1.29, 1.82) is 0 Å². The van der Waals surface area contributed by atoms with Gasteiger partial charge in [0.1, 0.15) is 6.04 Å². The Morgan fingerprint density at radius 2 is 1.78 bits per heavy atom. The van der Waals surface area contributed by atoms with Gasteiger partial charge in [-0.25, -0.2) is 0 Å². The number of aryl methyl sites for hydroxylation is 1. The molecule has 2 unspecified atom stereocenters. The van der Waals surface area contributed by atoms with Crippen LogP contribution in [-0.4, -0.2) is 48.4 Å². The molecule has 36 heavy (non-hydrogen) atoms. The second kappa shape index (κ2) is 12.2. The molecule has 0 spiro atoms. The summed E-state index contributed by atoms with van der Waals surface area (Å²) in [5.41, 5.74) is 2.65. The molecule has 4 rings (SSSR count). The minimum Gasteiger partial charge on any atom is -0.459 e. The van der Waals surface area contributed by atoms with E-state index in [-0.39, 0.29) is 30.9 Å². The number of amides is 3. The Labute approximate surface area is 210 Å². The summed E-state index contributed by atoms with van der Waals surface area (Å²) in [6.45, 7) is 2.97. The van der Waals surface area contributed by atoms with Crippen LogP contribution in [0.5, 0.6) is 0 Å². The van der Waals surface area contributed by atoms with Gasteiger partial charge in [-0.15, -0.1) is 0 Å². The molecular weight excluding hydrogens is 458 g/mol. The first kappa shape index (κ1) is 25.2. The zero-order valence-electron chi connectivity index (χ0n) is 20.3. The van der Waals surface area contributed by atoms with Crippen LogP contribution in [0, 0.1) is 6.92 Å². The van der Waals surface area contributed by atoms with Gasteiger partial charge in [-0.3, -0.25) is 14.4 Å². The van der Waals surface area contributed by atoms with E-state index in [4.69, 9.17) is 9.15 Å². The lowest BCUT2D eigenvalue weighted by molar-refractivity contribution is -0.141. The number of hydrogen-bond acceptors (Lipinski definition) is 5. The molecule has 1 aliphatic rings. The molecule has 1 aliphatic heterocycles. The Bertz CT molecular complexity index is 1140. The Kier molecular flexibility index (Phi) is 8.52. The van der Waals surface area contributed by atoms with Crippen LogP contribution in [0.1, 0.15) is 46.1 Å². The highest BCUT2D eigenvalue weighted by Crippen LogP contribution is 2.24. The van der Waals surface area contributed by atoms with Crippen molar-refractivity contribution in [2.75, 3.05) is 19.7 Å². The summed E-state index contributed by atoms with van der Waals surface area (Å²) in [4.78, 5) is 41.0. The van der Waals surface area contributed by atoms with Crippen LogP contribution < -0.4 is 10.6 Å². The molecule has 2 atom stereocenters. The van der Waals surface area contributed by atoms with Gasteiger partial charge in [-0.1, -0.05) is 60.2 Å². The molecule has 2 aromatic carbocycles. The molecule has 8 heteroatoms. The third-order valence-electron chi connectivity index (χ3n) is 6.14. The lowest BCUT2D eigenvalue weighted by Gasteiger charge is -2.32. The number of carbonyl (C=O) groups is 3. The van der Waals surface area contributed by atoms with E-state index < -0.39 is 17.9 Å². The first-order chi connectivity index (χ1) is 17.5. The average molecular weight is 490 g/mol. The van der Waals surface area contributed by atoms with Gasteiger partial charge in [0, 0.05) is 19.7 Å². The maximum atomic E-state index is 13.6. The summed E-state index contributed by atoms with van der Waals surface area (Å²) in [6, 6.07) is 19.2. The lowest BCUT2D eigenvalue weighted by Crippen LogP contribution is -2.48. The Balaban J connectivity index is 1.58. The van der Waals surface area contributed by atoms with Crippen LogP contribution >= 0.6 is 0 Å². The van der Waals surface area contributed by atoms with Crippen LogP contribution in [0.15, 0.2) is 77.4 Å². The van der Waals surface area contributed by atoms with Crippen molar-refractivity contribution in [3.63, 3.8) is 0 Å². The molecule has 3 aromatic rings. The normalized spacial score (nSPS) is 15.8. The van der Waals surface area contributed by atoms with Crippen molar-refractivity contribution in [3.8, 4) is 0 Å². The number of hydrogen-bond donors (Lipinski definition) is 2. The molecule has 188 valence electrons. The van der Waals surface area contributed by atoms with Gasteiger partial charge < -0.3 is 24.7 Å². The number of furan rings is 1. The molecule has 0 aliphatic carbocycles. The van der Waals surface area contributed by atoms with Crippen molar-refractivity contribution in [3.05, 3.63) is 95.4 Å². The van der Waals surface area contributed by atoms with E-state index in [1.807, 2.05) is 61.5 Å². The van der Waals surface area contributed by atoms with Gasteiger partial charge in [0.15, 0.2) is 5.76 Å². The third kappa shape index (κ3) is 6.60. The van der Waals surface area contributed by atoms with Crippen LogP contribution in [0.3, 0.4) is 0 Å². The largest absolute Gasteiger partial charge is 0.459 e. The molecule has 0 bridgehead atoms. The molecular formula is C28H31N3O5. The smallest absolute Gasteiger partial charge is 0.287 e. The van der Waals surface area contributed by atoms with Crippen LogP contribution in [-0.2, 0) is 20.9 Å². The summed E-state index contributed by atoms with van der Waals surface area (Å²) in [5, 5.41) is 5.59. The second-order valence-corrected chi connectivity index (χ2v) is 8.86. The SMILES string of the molecule is Cc1ccc(CN(C(=O)CNC(=O)c2ccco2)C(C(=O)NCC2CCCO2)c2ccccc2)cc1. The number of carbonyl (C=O) groups excluding carboxylic acids is 3. The number of nitrogens with one attached hydrogen (secondary N) is 2. The summed E-state index contributed by atoms with van der Waals surface area (Å²) in [7, 11) is 0. The first-order valence-electron chi connectivity index (χ1n) is 12.1. The minimum atomic E-state index is -0.887. The third-order valence-corrected chi connectivity index (χ3v) is 6.14. The van der Waals surface area contributed by atoms with E-state index in [9.17, 15) is 14.4 Å². The van der Waals surface area contributed by atoms with E-state index in [1.165, 1.54) is 17.2 Å². The second-order valence-electron chi connectivity index (χ2n) is 8.86. The molecule has 1 aromatic heterocycles.